The molecular weight excluding hydrogens is 496 g/mol. The predicted molar refractivity (Wildman–Crippen MR) is 139 cm³/mol. The molecule has 0 aromatic rings. The van der Waals surface area contributed by atoms with Crippen molar-refractivity contribution in [3.8, 4) is 0 Å². The van der Waals surface area contributed by atoms with Crippen LogP contribution in [0.3, 0.4) is 0 Å². The van der Waals surface area contributed by atoms with Crippen molar-refractivity contribution in [3.63, 3.8) is 0 Å². The van der Waals surface area contributed by atoms with Crippen molar-refractivity contribution in [1.29, 1.82) is 0 Å². The quantitative estimate of drug-likeness (QED) is 0.0660. The fourth-order valence-corrected chi connectivity index (χ4v) is 4.34. The summed E-state index contributed by atoms with van der Waals surface area (Å²) in [5, 5.41) is 32.1. The van der Waals surface area contributed by atoms with E-state index >= 15 is 0 Å². The average Bonchev–Trinajstić information content (AvgIpc) is 2.74. The molecular formula is C27H47NNa2O5S. The molecule has 0 fully saturated rings. The van der Waals surface area contributed by atoms with Gasteiger partial charge in [0.05, 0.1) is 0 Å². The first-order chi connectivity index (χ1) is 15.9. The Labute approximate surface area is 269 Å². The van der Waals surface area contributed by atoms with Gasteiger partial charge < -0.3 is 20.1 Å². The second-order valence-electron chi connectivity index (χ2n) is 10.5. The van der Waals surface area contributed by atoms with Crippen LogP contribution in [0.5, 0.6) is 0 Å². The fourth-order valence-electron chi connectivity index (χ4n) is 4.00. The van der Waals surface area contributed by atoms with Gasteiger partial charge in [0.1, 0.15) is 0 Å². The first-order valence-electron chi connectivity index (χ1n) is 12.9. The number of aliphatic carboxylic acids is 2. The largest absolute Gasteiger partial charge is 1.00 e. The minimum Gasteiger partial charge on any atom is -0.862 e. The van der Waals surface area contributed by atoms with E-state index in [1.165, 1.54) is 38.5 Å². The second kappa shape index (κ2) is 23.4. The van der Waals surface area contributed by atoms with Crippen LogP contribution >= 0.6 is 12.6 Å². The summed E-state index contributed by atoms with van der Waals surface area (Å²) in [6.45, 7) is 11.2. The minimum absolute atomic E-state index is 0. The first kappa shape index (κ1) is 41.0. The van der Waals surface area contributed by atoms with Crippen molar-refractivity contribution in [1.82, 2.24) is 0 Å². The van der Waals surface area contributed by atoms with Gasteiger partial charge >= 0.3 is 65.1 Å². The summed E-state index contributed by atoms with van der Waals surface area (Å²) in [7, 11) is 0. The van der Waals surface area contributed by atoms with E-state index in [2.05, 4.69) is 45.3 Å². The summed E-state index contributed by atoms with van der Waals surface area (Å²) < 4.78 is 0. The molecule has 0 aromatic heterocycles. The van der Waals surface area contributed by atoms with Crippen LogP contribution in [-0.4, -0.2) is 34.2 Å². The van der Waals surface area contributed by atoms with E-state index in [0.29, 0.717) is 5.92 Å². The Balaban J connectivity index is -0.00000544. The normalized spacial score (nSPS) is 15.4. The van der Waals surface area contributed by atoms with E-state index < -0.39 is 29.8 Å². The SMILES string of the molecule is C/C(=C\C[C@@](CS)(N=C([O-])CCC(=O)[O-])C(=O)O)CCCC(C)CCCC(C)CCCC(C)C.[Na+].[Na+]. The Kier molecular flexibility index (Phi) is 26.6. The van der Waals surface area contributed by atoms with Gasteiger partial charge in [0, 0.05) is 18.1 Å². The molecule has 1 N–H and O–H groups in total. The number of carboxylic acids is 2. The predicted octanol–water partition coefficient (Wildman–Crippen LogP) is -1.19. The molecule has 0 saturated heterocycles. The second-order valence-corrected chi connectivity index (χ2v) is 10.8. The van der Waals surface area contributed by atoms with Gasteiger partial charge in [0.25, 0.3) is 0 Å². The molecule has 0 aliphatic heterocycles. The van der Waals surface area contributed by atoms with Gasteiger partial charge in [-0.3, -0.25) is 4.99 Å². The van der Waals surface area contributed by atoms with Gasteiger partial charge in [-0.25, -0.2) is 4.79 Å². The Morgan fingerprint density at radius 1 is 0.889 bits per heavy atom. The van der Waals surface area contributed by atoms with E-state index in [0.717, 1.165) is 36.7 Å². The number of hydrogen-bond acceptors (Lipinski definition) is 6. The zero-order valence-corrected chi connectivity index (χ0v) is 28.9. The minimum atomic E-state index is -1.67. The van der Waals surface area contributed by atoms with Crippen LogP contribution in [0, 0.1) is 17.8 Å². The topological polar surface area (TPSA) is 113 Å². The number of thiol groups is 1. The van der Waals surface area contributed by atoms with E-state index in [1.807, 2.05) is 13.0 Å². The van der Waals surface area contributed by atoms with Gasteiger partial charge in [0.15, 0.2) is 5.54 Å². The number of rotatable bonds is 20. The van der Waals surface area contributed by atoms with Crippen molar-refractivity contribution in [2.45, 2.75) is 117 Å². The zero-order valence-electron chi connectivity index (χ0n) is 24.0. The van der Waals surface area contributed by atoms with Gasteiger partial charge in [-0.2, -0.15) is 12.6 Å². The molecule has 9 heteroatoms. The summed E-state index contributed by atoms with van der Waals surface area (Å²) >= 11 is 4.11. The van der Waals surface area contributed by atoms with Crippen LogP contribution in [0.4, 0.5) is 0 Å². The van der Waals surface area contributed by atoms with Crippen molar-refractivity contribution in [3.05, 3.63) is 11.6 Å². The molecule has 0 rings (SSSR count). The van der Waals surface area contributed by atoms with Crippen molar-refractivity contribution in [2.24, 2.45) is 22.7 Å². The third-order valence-electron chi connectivity index (χ3n) is 6.47. The molecule has 0 heterocycles. The van der Waals surface area contributed by atoms with Gasteiger partial charge in [-0.15, -0.1) is 0 Å². The number of aliphatic imine (C=N–C) groups is 1. The van der Waals surface area contributed by atoms with Crippen LogP contribution in [0.25, 0.3) is 0 Å². The molecule has 0 aliphatic rings. The number of carbonyl (C=O) groups is 2. The first-order valence-corrected chi connectivity index (χ1v) is 13.5. The third kappa shape index (κ3) is 20.5. The summed E-state index contributed by atoms with van der Waals surface area (Å²) in [6, 6.07) is 0. The zero-order chi connectivity index (χ0) is 26.1. The molecule has 0 radical (unpaired) electrons. The van der Waals surface area contributed by atoms with Gasteiger partial charge in [-0.1, -0.05) is 84.3 Å². The van der Waals surface area contributed by atoms with E-state index in [-0.39, 0.29) is 77.7 Å². The van der Waals surface area contributed by atoms with Gasteiger partial charge in [-0.05, 0) is 56.3 Å². The third-order valence-corrected chi connectivity index (χ3v) is 6.99. The molecule has 3 atom stereocenters. The molecule has 6 nitrogen and oxygen atoms in total. The van der Waals surface area contributed by atoms with Crippen molar-refractivity contribution >= 4 is 30.5 Å². The number of allylic oxidation sites excluding steroid dienone is 1. The maximum absolute atomic E-state index is 11.9. The van der Waals surface area contributed by atoms with E-state index in [1.54, 1.807) is 0 Å². The van der Waals surface area contributed by atoms with Crippen LogP contribution in [0.15, 0.2) is 16.6 Å². The number of nitrogens with zero attached hydrogens (tertiary/aromatic N) is 1. The number of carboxylic acid groups (broad SMARTS) is 2. The maximum atomic E-state index is 11.9. The smallest absolute Gasteiger partial charge is 0.862 e. The molecule has 2 unspecified atom stereocenters. The number of carbonyl (C=O) groups excluding carboxylic acids is 1. The molecule has 198 valence electrons. The molecule has 0 saturated carbocycles. The molecule has 0 aliphatic carbocycles. The maximum Gasteiger partial charge on any atom is 1.00 e. The molecule has 0 aromatic carbocycles. The molecule has 36 heavy (non-hydrogen) atoms. The summed E-state index contributed by atoms with van der Waals surface area (Å²) in [5.74, 6) is -1.23. The van der Waals surface area contributed by atoms with E-state index in [4.69, 9.17) is 0 Å². The molecule has 0 bridgehead atoms. The number of hydrogen-bond donors (Lipinski definition) is 2. The van der Waals surface area contributed by atoms with Gasteiger partial charge in [0.2, 0.25) is 0 Å². The molecule has 0 amide bonds. The van der Waals surface area contributed by atoms with Crippen LogP contribution in [0.1, 0.15) is 112 Å². The standard InChI is InChI=1S/C27H49NO5S.2Na/c1-20(2)9-6-10-21(3)11-7-12-22(4)13-8-14-23(5)17-18-27(19-34,26(32)33)28-24(29)15-16-25(30)31;;/h17,20-22,34H,6-16,18-19H2,1-5H3,(H,28,29)(H,30,31)(H,32,33);;/q;2*+1/p-2/b23-17+;;/t21?,22?,27-;;/m0../s1. The Morgan fingerprint density at radius 2 is 1.39 bits per heavy atom. The average molecular weight is 544 g/mol. The summed E-state index contributed by atoms with van der Waals surface area (Å²) in [6.07, 6.45) is 11.9. The molecule has 0 spiro atoms. The Hall–Kier alpha value is 0.500. The Bertz CT molecular complexity index is 673. The van der Waals surface area contributed by atoms with Crippen LogP contribution in [-0.2, 0) is 9.59 Å². The van der Waals surface area contributed by atoms with Crippen molar-refractivity contribution < 1.29 is 84.0 Å². The fraction of sp³-hybridized carbons (Fsp3) is 0.815. The van der Waals surface area contributed by atoms with E-state index in [9.17, 15) is 24.9 Å². The van der Waals surface area contributed by atoms with Crippen LogP contribution < -0.4 is 69.3 Å². The summed E-state index contributed by atoms with van der Waals surface area (Å²) in [5.41, 5.74) is -0.609. The summed E-state index contributed by atoms with van der Waals surface area (Å²) in [4.78, 5) is 26.2. The monoisotopic (exact) mass is 543 g/mol. The van der Waals surface area contributed by atoms with Crippen molar-refractivity contribution in [2.75, 3.05) is 5.75 Å². The van der Waals surface area contributed by atoms with Crippen LogP contribution in [0.2, 0.25) is 0 Å². The Morgan fingerprint density at radius 3 is 1.83 bits per heavy atom.